The van der Waals surface area contributed by atoms with Crippen LogP contribution >= 0.6 is 0 Å². The number of benzene rings is 1. The fraction of sp³-hybridized carbons (Fsp3) is 0.600. The Morgan fingerprint density at radius 1 is 1.15 bits per heavy atom. The molecule has 0 unspecified atom stereocenters. The lowest BCUT2D eigenvalue weighted by Gasteiger charge is -2.39. The molecule has 7 nitrogen and oxygen atoms in total. The summed E-state index contributed by atoms with van der Waals surface area (Å²) in [6.07, 6.45) is 4.23. The van der Waals surface area contributed by atoms with Crippen molar-refractivity contribution in [1.29, 1.82) is 0 Å². The Morgan fingerprint density at radius 2 is 2.00 bits per heavy atom. The molecular weight excluding hydrogens is 348 g/mol. The molecule has 6 rings (SSSR count). The molecule has 3 aliphatic heterocycles. The zero-order valence-corrected chi connectivity index (χ0v) is 15.0. The summed E-state index contributed by atoms with van der Waals surface area (Å²) in [4.78, 5) is 26.6. The Hall–Kier alpha value is -2.28. The third-order valence-electron chi connectivity index (χ3n) is 6.82. The van der Waals surface area contributed by atoms with Gasteiger partial charge in [-0.1, -0.05) is 6.07 Å². The van der Waals surface area contributed by atoms with E-state index in [-0.39, 0.29) is 36.1 Å². The Kier molecular flexibility index (Phi) is 3.01. The summed E-state index contributed by atoms with van der Waals surface area (Å²) >= 11 is 0. The minimum Gasteiger partial charge on any atom is -0.492 e. The quantitative estimate of drug-likeness (QED) is 0.820. The smallest absolute Gasteiger partial charge is 0.325 e. The summed E-state index contributed by atoms with van der Waals surface area (Å²) in [5.74, 6) is 1.71. The largest absolute Gasteiger partial charge is 0.492 e. The molecule has 2 spiro atoms. The van der Waals surface area contributed by atoms with E-state index in [9.17, 15) is 9.59 Å². The van der Waals surface area contributed by atoms with Crippen LogP contribution in [0.5, 0.6) is 11.5 Å². The molecule has 5 aliphatic rings. The van der Waals surface area contributed by atoms with E-state index in [4.69, 9.17) is 14.2 Å². The number of rotatable bonds is 3. The van der Waals surface area contributed by atoms with Crippen LogP contribution in [0.2, 0.25) is 0 Å². The topological polar surface area (TPSA) is 77.1 Å². The average Bonchev–Trinajstić information content (AvgIpc) is 2.97. The molecule has 0 aromatic heterocycles. The lowest BCUT2D eigenvalue weighted by molar-refractivity contribution is -0.135. The molecule has 2 saturated carbocycles. The minimum absolute atomic E-state index is 0.0230. The van der Waals surface area contributed by atoms with Gasteiger partial charge >= 0.3 is 6.03 Å². The first-order valence-corrected chi connectivity index (χ1v) is 9.77. The predicted molar refractivity (Wildman–Crippen MR) is 93.8 cm³/mol. The molecule has 7 heteroatoms. The maximum Gasteiger partial charge on any atom is 0.325 e. The van der Waals surface area contributed by atoms with Gasteiger partial charge in [0.1, 0.15) is 23.1 Å². The van der Waals surface area contributed by atoms with E-state index in [0.29, 0.717) is 25.9 Å². The third kappa shape index (κ3) is 2.12. The first-order valence-electron chi connectivity index (χ1n) is 9.77. The number of hydrogen-bond acceptors (Lipinski definition) is 5. The van der Waals surface area contributed by atoms with E-state index in [2.05, 4.69) is 5.32 Å². The minimum atomic E-state index is -0.834. The number of carbonyl (C=O) groups excluding carboxylic acids is 2. The molecule has 1 aromatic carbocycles. The summed E-state index contributed by atoms with van der Waals surface area (Å²) in [6, 6.07) is 5.60. The molecule has 4 fully saturated rings. The van der Waals surface area contributed by atoms with Crippen molar-refractivity contribution in [2.24, 2.45) is 0 Å². The van der Waals surface area contributed by atoms with Gasteiger partial charge in [0.2, 0.25) is 0 Å². The Bertz CT molecular complexity index is 837. The van der Waals surface area contributed by atoms with Crippen LogP contribution in [0.15, 0.2) is 18.2 Å². The Labute approximate surface area is 156 Å². The molecule has 1 atom stereocenters. The number of fused-ring (bicyclic) bond motifs is 2. The summed E-state index contributed by atoms with van der Waals surface area (Å²) in [7, 11) is 0. The normalized spacial score (nSPS) is 35.2. The zero-order chi connectivity index (χ0) is 18.2. The number of nitrogens with zero attached hydrogens (tertiary/aromatic N) is 1. The van der Waals surface area contributed by atoms with Crippen molar-refractivity contribution in [2.75, 3.05) is 19.8 Å². The van der Waals surface area contributed by atoms with Crippen molar-refractivity contribution in [3.63, 3.8) is 0 Å². The van der Waals surface area contributed by atoms with Gasteiger partial charge < -0.3 is 19.5 Å². The monoisotopic (exact) mass is 370 g/mol. The van der Waals surface area contributed by atoms with Crippen LogP contribution in [0.4, 0.5) is 4.79 Å². The van der Waals surface area contributed by atoms with Crippen LogP contribution < -0.4 is 14.8 Å². The number of urea groups is 1. The van der Waals surface area contributed by atoms with Gasteiger partial charge in [-0.2, -0.15) is 0 Å². The number of amides is 3. The van der Waals surface area contributed by atoms with Crippen LogP contribution in [-0.2, 0) is 14.9 Å². The first kappa shape index (κ1) is 15.7. The van der Waals surface area contributed by atoms with E-state index >= 15 is 0 Å². The summed E-state index contributed by atoms with van der Waals surface area (Å²) < 4.78 is 17.5. The lowest BCUT2D eigenvalue weighted by atomic mass is 9.86. The maximum absolute atomic E-state index is 12.8. The fourth-order valence-corrected chi connectivity index (χ4v) is 4.92. The van der Waals surface area contributed by atoms with Gasteiger partial charge in [0, 0.05) is 42.9 Å². The standard InChI is InChI=1S/C20H22N2O5/c23-17-20(6-7-25-11-20)21-18(24)22(17)12-8-13(9-12)27-15-3-1-2-14-16(15)19(4-5-19)10-26-14/h1-3,12-13H,4-11H2,(H,21,24)/t12?,13?,20-/m1/s1. The molecule has 1 N–H and O–H groups in total. The second kappa shape index (κ2) is 5.16. The Balaban J connectivity index is 1.15. The number of hydrogen-bond donors (Lipinski definition) is 1. The fourth-order valence-electron chi connectivity index (χ4n) is 4.92. The van der Waals surface area contributed by atoms with Crippen LogP contribution in [0.3, 0.4) is 0 Å². The Morgan fingerprint density at radius 3 is 2.74 bits per heavy atom. The molecule has 142 valence electrons. The number of carbonyl (C=O) groups is 2. The van der Waals surface area contributed by atoms with Crippen LogP contribution in [0.1, 0.15) is 37.7 Å². The summed E-state index contributed by atoms with van der Waals surface area (Å²) in [5.41, 5.74) is 0.541. The second-order valence-corrected chi connectivity index (χ2v) is 8.55. The highest BCUT2D eigenvalue weighted by molar-refractivity contribution is 6.07. The van der Waals surface area contributed by atoms with Crippen molar-refractivity contribution >= 4 is 11.9 Å². The van der Waals surface area contributed by atoms with Gasteiger partial charge in [-0.05, 0) is 25.0 Å². The van der Waals surface area contributed by atoms with E-state index in [1.807, 2.05) is 18.2 Å². The van der Waals surface area contributed by atoms with E-state index in [1.165, 1.54) is 10.5 Å². The first-order chi connectivity index (χ1) is 13.1. The SMILES string of the molecule is O=C1N[C@@]2(CCOC2)C(=O)N1C1CC(Oc2cccc3c2C2(CC2)CO3)C1. The predicted octanol–water partition coefficient (Wildman–Crippen LogP) is 1.73. The maximum atomic E-state index is 12.8. The van der Waals surface area contributed by atoms with E-state index < -0.39 is 5.54 Å². The van der Waals surface area contributed by atoms with Crippen molar-refractivity contribution in [3.8, 4) is 11.5 Å². The molecule has 27 heavy (non-hydrogen) atoms. The highest BCUT2D eigenvalue weighted by Crippen LogP contribution is 2.58. The average molecular weight is 370 g/mol. The van der Waals surface area contributed by atoms with Crippen LogP contribution in [0, 0.1) is 0 Å². The van der Waals surface area contributed by atoms with E-state index in [1.54, 1.807) is 0 Å². The lowest BCUT2D eigenvalue weighted by Crippen LogP contribution is -2.53. The van der Waals surface area contributed by atoms with E-state index in [0.717, 1.165) is 30.9 Å². The third-order valence-corrected chi connectivity index (χ3v) is 6.82. The molecule has 0 radical (unpaired) electrons. The molecule has 1 aromatic rings. The van der Waals surface area contributed by atoms with Gasteiger partial charge in [-0.15, -0.1) is 0 Å². The highest BCUT2D eigenvalue weighted by atomic mass is 16.5. The summed E-state index contributed by atoms with van der Waals surface area (Å²) in [5, 5.41) is 2.85. The second-order valence-electron chi connectivity index (χ2n) is 8.55. The molecule has 2 saturated heterocycles. The van der Waals surface area contributed by atoms with Crippen LogP contribution in [0.25, 0.3) is 0 Å². The summed E-state index contributed by atoms with van der Waals surface area (Å²) in [6.45, 7) is 1.54. The van der Waals surface area contributed by atoms with Gasteiger partial charge in [0.05, 0.1) is 13.2 Å². The van der Waals surface area contributed by atoms with Gasteiger partial charge in [0.15, 0.2) is 0 Å². The molecule has 3 heterocycles. The number of ether oxygens (including phenoxy) is 3. The van der Waals surface area contributed by atoms with Gasteiger partial charge in [-0.3, -0.25) is 9.69 Å². The van der Waals surface area contributed by atoms with Gasteiger partial charge in [-0.25, -0.2) is 4.79 Å². The van der Waals surface area contributed by atoms with Crippen molar-refractivity contribution < 1.29 is 23.8 Å². The van der Waals surface area contributed by atoms with Crippen molar-refractivity contribution in [3.05, 3.63) is 23.8 Å². The molecule has 2 aliphatic carbocycles. The molecule has 0 bridgehead atoms. The van der Waals surface area contributed by atoms with Crippen LogP contribution in [-0.4, -0.2) is 54.3 Å². The number of imide groups is 1. The van der Waals surface area contributed by atoms with Gasteiger partial charge in [0.25, 0.3) is 5.91 Å². The van der Waals surface area contributed by atoms with Crippen molar-refractivity contribution in [2.45, 2.75) is 55.2 Å². The number of nitrogens with one attached hydrogen (secondary N) is 1. The molecular formula is C20H22N2O5. The van der Waals surface area contributed by atoms with Crippen molar-refractivity contribution in [1.82, 2.24) is 10.2 Å². The highest BCUT2D eigenvalue weighted by Gasteiger charge is 2.57. The molecule has 3 amide bonds. The zero-order valence-electron chi connectivity index (χ0n) is 15.0.